The number of carboxylic acid groups (broad SMARTS) is 1. The molecule has 1 N–H and O–H groups in total. The highest BCUT2D eigenvalue weighted by Crippen LogP contribution is 2.04. The van der Waals surface area contributed by atoms with E-state index in [4.69, 9.17) is 5.11 Å². The van der Waals surface area contributed by atoms with Gasteiger partial charge in [-0.1, -0.05) is 10.9 Å². The summed E-state index contributed by atoms with van der Waals surface area (Å²) in [6.45, 7) is 0. The van der Waals surface area contributed by atoms with Crippen LogP contribution in [0.5, 0.6) is 0 Å². The highest BCUT2D eigenvalue weighted by atomic mass is 16.6. The number of carboxylic acids is 1. The molecule has 6 nitrogen and oxygen atoms in total. The summed E-state index contributed by atoms with van der Waals surface area (Å²) in [5, 5.41) is 19.8. The van der Waals surface area contributed by atoms with Crippen molar-refractivity contribution in [2.75, 3.05) is 0 Å². The predicted octanol–water partition coefficient (Wildman–Crippen LogP) is -6.10. The van der Waals surface area contributed by atoms with Gasteiger partial charge in [0, 0.05) is 5.56 Å². The molecule has 0 aliphatic rings. The summed E-state index contributed by atoms with van der Waals surface area (Å²) in [7, 11) is 6.21. The second kappa shape index (κ2) is 4.72. The van der Waals surface area contributed by atoms with Gasteiger partial charge in [0.05, 0.1) is 4.92 Å². The highest BCUT2D eigenvalue weighted by Gasteiger charge is 2.27. The summed E-state index contributed by atoms with van der Waals surface area (Å²) in [6.07, 6.45) is 0. The van der Waals surface area contributed by atoms with Crippen LogP contribution in [0.25, 0.3) is 0 Å². The minimum absolute atomic E-state index is 0.0858. The molecule has 0 aliphatic heterocycles. The molecule has 0 bridgehead atoms. The van der Waals surface area contributed by atoms with Crippen molar-refractivity contribution in [2.24, 2.45) is 0 Å². The zero-order valence-corrected chi connectivity index (χ0v) is 10.5. The number of hydrogen-bond acceptors (Lipinski definition) is 4. The van der Waals surface area contributed by atoms with E-state index in [0.29, 0.717) is 16.4 Å². The molecule has 0 spiro atoms. The average Bonchev–Trinajstić information content (AvgIpc) is 2.25. The lowest BCUT2D eigenvalue weighted by atomic mass is 9.65. The molecule has 0 saturated carbocycles. The first-order valence-corrected chi connectivity index (χ1v) is 5.22. The number of Topliss-reactive ketones (excluding diaryl/α,β-unsaturated/α-hetero) is 1. The molecule has 1 rings (SSSR count). The number of ketones is 1. The van der Waals surface area contributed by atoms with Gasteiger partial charge in [0.25, 0.3) is 11.5 Å². The number of benzene rings is 1. The molecule has 88 valence electrons. The van der Waals surface area contributed by atoms with Crippen LogP contribution in [-0.2, 0) is 4.79 Å². The lowest BCUT2D eigenvalue weighted by Gasteiger charge is -2.14. The van der Waals surface area contributed by atoms with Crippen LogP contribution >= 0.6 is 0 Å². The van der Waals surface area contributed by atoms with Gasteiger partial charge >= 0.3 is 5.97 Å². The molecule has 1 aromatic rings. The van der Waals surface area contributed by atoms with E-state index in [1.807, 2.05) is 0 Å². The molecule has 0 heterocycles. The lowest BCUT2D eigenvalue weighted by molar-refractivity contribution is -0.382. The van der Waals surface area contributed by atoms with E-state index in [2.05, 4.69) is 0 Å². The first-order chi connectivity index (χ1) is 8.20. The fourth-order valence-corrected chi connectivity index (χ4v) is 2.05. The first kappa shape index (κ1) is 14.1. The van der Waals surface area contributed by atoms with Gasteiger partial charge in [-0.3, -0.25) is 14.9 Å². The van der Waals surface area contributed by atoms with Crippen LogP contribution < -0.4 is 21.9 Å². The number of carbonyl (C=O) groups excluding carboxylic acids is 1. The van der Waals surface area contributed by atoms with Crippen molar-refractivity contribution in [3.63, 3.8) is 0 Å². The monoisotopic (exact) mass is 243 g/mol. The van der Waals surface area contributed by atoms with Crippen molar-refractivity contribution in [2.45, 2.75) is 0 Å². The van der Waals surface area contributed by atoms with Crippen LogP contribution in [0.1, 0.15) is 10.4 Å². The number of aliphatic carboxylic acids is 1. The van der Waals surface area contributed by atoms with Crippen molar-refractivity contribution >= 4 is 70.7 Å². The van der Waals surface area contributed by atoms with E-state index < -0.39 is 16.7 Å². The zero-order valence-electron chi connectivity index (χ0n) is 10.5. The van der Waals surface area contributed by atoms with Crippen molar-refractivity contribution in [3.8, 4) is 0 Å². The molecule has 10 heteroatoms. The van der Waals surface area contributed by atoms with E-state index in [1.165, 1.54) is 7.85 Å². The normalized spacial score (nSPS) is 10.0. The third kappa shape index (κ3) is 2.05. The number of carbonyl (C=O) groups is 2. The minimum atomic E-state index is -1.61. The maximum atomic E-state index is 11.6. The van der Waals surface area contributed by atoms with E-state index in [1.54, 1.807) is 23.5 Å². The van der Waals surface area contributed by atoms with Gasteiger partial charge in [0.2, 0.25) is 0 Å². The van der Waals surface area contributed by atoms with Crippen LogP contribution in [0.15, 0.2) is 0 Å². The van der Waals surface area contributed by atoms with Gasteiger partial charge in [-0.25, -0.2) is 4.79 Å². The summed E-state index contributed by atoms with van der Waals surface area (Å²) in [5.41, 5.74) is 1.32. The zero-order chi connectivity index (χ0) is 14.2. The Bertz CT molecular complexity index is 586. The Labute approximate surface area is 107 Å². The lowest BCUT2D eigenvalue weighted by Crippen LogP contribution is -2.49. The number of nitro groups is 1. The Morgan fingerprint density at radius 1 is 1.00 bits per heavy atom. The van der Waals surface area contributed by atoms with Crippen LogP contribution in [0.3, 0.4) is 0 Å². The van der Waals surface area contributed by atoms with E-state index in [9.17, 15) is 19.7 Å². The summed E-state index contributed by atoms with van der Waals surface area (Å²) >= 11 is 0. The standard InChI is InChI=1S/C8H9B4NO5/c9-2-1(7(14)8(15)16)3(10)6(13(17)18)5(12)4(2)11/h9-12H2,(H,15,16). The quantitative estimate of drug-likeness (QED) is 0.187. The topological polar surface area (TPSA) is 97.5 Å². The fraction of sp³-hybridized carbons (Fsp3) is 0. The Kier molecular flexibility index (Phi) is 3.69. The maximum absolute atomic E-state index is 11.6. The van der Waals surface area contributed by atoms with Crippen LogP contribution in [0.4, 0.5) is 5.69 Å². The second-order valence-electron chi connectivity index (χ2n) is 4.11. The fourth-order valence-electron chi connectivity index (χ4n) is 2.05. The molecule has 0 saturated heterocycles. The highest BCUT2D eigenvalue weighted by molar-refractivity contribution is 6.65. The Morgan fingerprint density at radius 3 is 1.89 bits per heavy atom. The summed E-state index contributed by atoms with van der Waals surface area (Å²) in [5.74, 6) is -2.73. The van der Waals surface area contributed by atoms with Crippen molar-refractivity contribution in [1.29, 1.82) is 0 Å². The number of rotatable bonds is 3. The number of hydrogen-bond donors (Lipinski definition) is 1. The Hall–Kier alpha value is -1.98. The van der Waals surface area contributed by atoms with Crippen molar-refractivity contribution < 1.29 is 19.6 Å². The van der Waals surface area contributed by atoms with Crippen molar-refractivity contribution in [1.82, 2.24) is 0 Å². The van der Waals surface area contributed by atoms with Gasteiger partial charge in [-0.05, 0) is 10.9 Å². The molecular formula is C8H9B4NO5. The second-order valence-corrected chi connectivity index (χ2v) is 4.11. The smallest absolute Gasteiger partial charge is 0.377 e. The van der Waals surface area contributed by atoms with E-state index >= 15 is 0 Å². The van der Waals surface area contributed by atoms with Crippen LogP contribution in [0.2, 0.25) is 0 Å². The molecule has 0 aliphatic carbocycles. The summed E-state index contributed by atoms with van der Waals surface area (Å²) in [6, 6.07) is 0. The van der Waals surface area contributed by atoms with Crippen molar-refractivity contribution in [3.05, 3.63) is 15.7 Å². The van der Waals surface area contributed by atoms with Gasteiger partial charge in [-0.2, -0.15) is 0 Å². The summed E-state index contributed by atoms with van der Waals surface area (Å²) < 4.78 is 0. The number of nitro benzene ring substituents is 1. The summed E-state index contributed by atoms with van der Waals surface area (Å²) in [4.78, 5) is 32.8. The predicted molar refractivity (Wildman–Crippen MR) is 77.8 cm³/mol. The molecular weight excluding hydrogens is 233 g/mol. The SMILES string of the molecule is Bc1c(B)c(C(=O)C(=O)O)c(B)c([N+](=O)[O-])c1B. The van der Waals surface area contributed by atoms with E-state index in [-0.39, 0.29) is 16.7 Å². The van der Waals surface area contributed by atoms with Gasteiger partial charge in [0.1, 0.15) is 31.4 Å². The largest absolute Gasteiger partial charge is 0.475 e. The Morgan fingerprint density at radius 2 is 1.50 bits per heavy atom. The van der Waals surface area contributed by atoms with Gasteiger partial charge in [-0.15, -0.1) is 0 Å². The van der Waals surface area contributed by atoms with Crippen LogP contribution in [-0.4, -0.2) is 53.2 Å². The molecule has 0 unspecified atom stereocenters. The van der Waals surface area contributed by atoms with E-state index in [0.717, 1.165) is 0 Å². The number of nitrogens with zero attached hydrogens (tertiary/aromatic N) is 1. The third-order valence-electron chi connectivity index (χ3n) is 3.19. The molecule has 18 heavy (non-hydrogen) atoms. The molecule has 0 atom stereocenters. The first-order valence-electron chi connectivity index (χ1n) is 5.22. The maximum Gasteiger partial charge on any atom is 0.377 e. The molecule has 0 aromatic heterocycles. The molecule has 0 radical (unpaired) electrons. The molecule has 0 amide bonds. The van der Waals surface area contributed by atoms with Gasteiger partial charge in [0.15, 0.2) is 0 Å². The molecule has 0 fully saturated rings. The van der Waals surface area contributed by atoms with Gasteiger partial charge < -0.3 is 5.11 Å². The molecule has 1 aromatic carbocycles. The minimum Gasteiger partial charge on any atom is -0.475 e. The third-order valence-corrected chi connectivity index (χ3v) is 3.19. The Balaban J connectivity index is 3.79. The van der Waals surface area contributed by atoms with Crippen LogP contribution in [0, 0.1) is 10.1 Å². The average molecular weight is 242 g/mol.